The topological polar surface area (TPSA) is 95.2 Å². The van der Waals surface area contributed by atoms with Gasteiger partial charge in [-0.1, -0.05) is 30.3 Å². The molecule has 3 bridgehead atoms. The lowest BCUT2D eigenvalue weighted by molar-refractivity contribution is -0.334. The molecule has 3 fully saturated rings. The molecule has 7 nitrogen and oxygen atoms in total. The van der Waals surface area contributed by atoms with Crippen LogP contribution in [0.5, 0.6) is 5.75 Å². The zero-order valence-corrected chi connectivity index (χ0v) is 15.3. The molecular formula is C21H20O7. The predicted octanol–water partition coefficient (Wildman–Crippen LogP) is 1.70. The van der Waals surface area contributed by atoms with Gasteiger partial charge in [0.1, 0.15) is 17.1 Å². The standard InChI is InChI=1S/C21H20O7/c1-25-14-7-15(26-18(23)9-14)10-19-11-16-8-17(22)20(19,24)12-21(27-16,28-19)13-5-3-2-4-6-13/h2-7,9,16,24H,8,10-12H2,1H3/t16-,19?,20+,21?/m0/s1. The molecule has 0 radical (unpaired) electrons. The number of ketones is 1. The molecule has 3 heterocycles. The van der Waals surface area contributed by atoms with Gasteiger partial charge in [0.25, 0.3) is 0 Å². The molecule has 7 heteroatoms. The van der Waals surface area contributed by atoms with Gasteiger partial charge in [0, 0.05) is 37.3 Å². The Hall–Kier alpha value is -2.48. The van der Waals surface area contributed by atoms with Crippen molar-refractivity contribution < 1.29 is 28.5 Å². The van der Waals surface area contributed by atoms with E-state index in [4.69, 9.17) is 18.6 Å². The molecule has 1 N–H and O–H groups in total. The number of carbonyl (C=O) groups is 1. The van der Waals surface area contributed by atoms with Crippen LogP contribution in [0.4, 0.5) is 0 Å². The van der Waals surface area contributed by atoms with Crippen LogP contribution in [0.3, 0.4) is 0 Å². The molecule has 4 atom stereocenters. The summed E-state index contributed by atoms with van der Waals surface area (Å²) < 4.78 is 23.0. The smallest absolute Gasteiger partial charge is 0.339 e. The number of aliphatic hydroxyl groups is 1. The average molecular weight is 384 g/mol. The normalized spacial score (nSPS) is 35.9. The SMILES string of the molecule is COc1cc(CC23C[C@@H]4CC(=O)[C@]2(O)CC(c2ccccc2)(O4)O3)oc(=O)c1. The van der Waals surface area contributed by atoms with Crippen molar-refractivity contribution in [1.82, 2.24) is 0 Å². The van der Waals surface area contributed by atoms with Crippen molar-refractivity contribution in [1.29, 1.82) is 0 Å². The summed E-state index contributed by atoms with van der Waals surface area (Å²) in [6.07, 6.45) is 0.175. The maximum Gasteiger partial charge on any atom is 0.339 e. The van der Waals surface area contributed by atoms with Crippen molar-refractivity contribution in [3.8, 4) is 5.75 Å². The van der Waals surface area contributed by atoms with E-state index >= 15 is 0 Å². The highest BCUT2D eigenvalue weighted by atomic mass is 16.7. The fraction of sp³-hybridized carbons (Fsp3) is 0.429. The summed E-state index contributed by atoms with van der Waals surface area (Å²) >= 11 is 0. The fourth-order valence-electron chi connectivity index (χ4n) is 4.90. The number of ether oxygens (including phenoxy) is 3. The summed E-state index contributed by atoms with van der Waals surface area (Å²) in [5.74, 6) is -0.860. The Morgan fingerprint density at radius 3 is 2.75 bits per heavy atom. The van der Waals surface area contributed by atoms with Gasteiger partial charge >= 0.3 is 5.63 Å². The first-order chi connectivity index (χ1) is 13.4. The third-order valence-electron chi connectivity index (χ3n) is 6.10. The Balaban J connectivity index is 1.62. The van der Waals surface area contributed by atoms with Crippen LogP contribution in [0.1, 0.15) is 30.6 Å². The summed E-state index contributed by atoms with van der Waals surface area (Å²) in [5, 5.41) is 11.5. The Kier molecular flexibility index (Phi) is 3.62. The van der Waals surface area contributed by atoms with Gasteiger partial charge < -0.3 is 23.7 Å². The molecule has 2 aromatic rings. The predicted molar refractivity (Wildman–Crippen MR) is 95.9 cm³/mol. The molecule has 2 aliphatic heterocycles. The summed E-state index contributed by atoms with van der Waals surface area (Å²) in [6, 6.07) is 12.1. The van der Waals surface area contributed by atoms with Gasteiger partial charge in [-0.15, -0.1) is 0 Å². The van der Waals surface area contributed by atoms with Crippen LogP contribution in [-0.4, -0.2) is 35.3 Å². The zero-order valence-electron chi connectivity index (χ0n) is 15.3. The minimum atomic E-state index is -1.72. The Labute approximate surface area is 160 Å². The van der Waals surface area contributed by atoms with Crippen LogP contribution in [-0.2, 0) is 26.5 Å². The fourth-order valence-corrected chi connectivity index (χ4v) is 4.90. The van der Waals surface area contributed by atoms with Crippen molar-refractivity contribution in [3.05, 3.63) is 64.2 Å². The molecule has 2 unspecified atom stereocenters. The van der Waals surface area contributed by atoms with Crippen molar-refractivity contribution in [2.75, 3.05) is 7.11 Å². The highest BCUT2D eigenvalue weighted by Gasteiger charge is 2.75. The lowest BCUT2D eigenvalue weighted by atomic mass is 9.68. The van der Waals surface area contributed by atoms with E-state index in [9.17, 15) is 14.7 Å². The van der Waals surface area contributed by atoms with E-state index in [0.717, 1.165) is 5.56 Å². The van der Waals surface area contributed by atoms with E-state index < -0.39 is 22.6 Å². The van der Waals surface area contributed by atoms with Crippen LogP contribution in [0.15, 0.2) is 51.7 Å². The summed E-state index contributed by atoms with van der Waals surface area (Å²) in [5.41, 5.74) is -2.77. The van der Waals surface area contributed by atoms with E-state index in [1.54, 1.807) is 6.07 Å². The third kappa shape index (κ3) is 2.33. The Bertz CT molecular complexity index is 999. The molecule has 1 aliphatic carbocycles. The number of Topliss-reactive ketones (excluding diaryl/α,β-unsaturated/α-hetero) is 1. The Morgan fingerprint density at radius 1 is 1.21 bits per heavy atom. The van der Waals surface area contributed by atoms with Crippen LogP contribution in [0, 0.1) is 0 Å². The quantitative estimate of drug-likeness (QED) is 0.857. The molecule has 1 saturated carbocycles. The lowest BCUT2D eigenvalue weighted by Gasteiger charge is -2.49. The van der Waals surface area contributed by atoms with Crippen molar-refractivity contribution in [2.45, 2.75) is 48.8 Å². The molecule has 28 heavy (non-hydrogen) atoms. The van der Waals surface area contributed by atoms with Gasteiger partial charge in [0.05, 0.1) is 19.3 Å². The van der Waals surface area contributed by atoms with Crippen LogP contribution in [0.2, 0.25) is 0 Å². The zero-order chi connectivity index (χ0) is 19.6. The highest BCUT2D eigenvalue weighted by molar-refractivity contribution is 5.91. The van der Waals surface area contributed by atoms with E-state index in [1.807, 2.05) is 30.3 Å². The van der Waals surface area contributed by atoms with Crippen LogP contribution in [0.25, 0.3) is 0 Å². The molecule has 5 rings (SSSR count). The number of fused-ring (bicyclic) bond motifs is 2. The van der Waals surface area contributed by atoms with Gasteiger partial charge in [-0.2, -0.15) is 0 Å². The lowest BCUT2D eigenvalue weighted by Crippen LogP contribution is -2.64. The largest absolute Gasteiger partial charge is 0.496 e. The average Bonchev–Trinajstić information content (AvgIpc) is 2.80. The monoisotopic (exact) mass is 384 g/mol. The first kappa shape index (κ1) is 17.6. The van der Waals surface area contributed by atoms with Gasteiger partial charge in [0.15, 0.2) is 17.2 Å². The van der Waals surface area contributed by atoms with Crippen LogP contribution >= 0.6 is 0 Å². The summed E-state index contributed by atoms with van der Waals surface area (Å²) in [6.45, 7) is 0. The summed E-state index contributed by atoms with van der Waals surface area (Å²) in [4.78, 5) is 24.7. The van der Waals surface area contributed by atoms with E-state index in [-0.39, 0.29) is 31.1 Å². The van der Waals surface area contributed by atoms with Gasteiger partial charge in [-0.25, -0.2) is 4.79 Å². The van der Waals surface area contributed by atoms with Crippen molar-refractivity contribution >= 4 is 5.78 Å². The van der Waals surface area contributed by atoms with E-state index in [0.29, 0.717) is 17.9 Å². The second-order valence-electron chi connectivity index (χ2n) is 7.78. The number of rotatable bonds is 4. The molecule has 2 saturated heterocycles. The first-order valence-corrected chi connectivity index (χ1v) is 9.25. The number of benzene rings is 1. The van der Waals surface area contributed by atoms with Crippen LogP contribution < -0.4 is 10.4 Å². The van der Waals surface area contributed by atoms with Gasteiger partial charge in [-0.3, -0.25) is 4.79 Å². The Morgan fingerprint density at radius 2 is 2.00 bits per heavy atom. The summed E-state index contributed by atoms with van der Waals surface area (Å²) in [7, 11) is 1.46. The minimum Gasteiger partial charge on any atom is -0.496 e. The molecule has 146 valence electrons. The molecule has 0 spiro atoms. The highest BCUT2D eigenvalue weighted by Crippen LogP contribution is 2.61. The number of methoxy groups -OCH3 is 1. The number of carbonyl (C=O) groups excluding carboxylic acids is 1. The minimum absolute atomic E-state index is 0.00749. The maximum atomic E-state index is 12.9. The van der Waals surface area contributed by atoms with Gasteiger partial charge in [0.2, 0.25) is 0 Å². The molecular weight excluding hydrogens is 364 g/mol. The van der Waals surface area contributed by atoms with E-state index in [2.05, 4.69) is 0 Å². The first-order valence-electron chi connectivity index (χ1n) is 9.25. The number of hydrogen-bond acceptors (Lipinski definition) is 7. The third-order valence-corrected chi connectivity index (χ3v) is 6.10. The van der Waals surface area contributed by atoms with Gasteiger partial charge in [-0.05, 0) is 0 Å². The van der Waals surface area contributed by atoms with Crippen molar-refractivity contribution in [3.63, 3.8) is 0 Å². The maximum absolute atomic E-state index is 12.9. The van der Waals surface area contributed by atoms with Crippen molar-refractivity contribution in [2.24, 2.45) is 0 Å². The molecule has 1 aromatic heterocycles. The second-order valence-corrected chi connectivity index (χ2v) is 7.78. The molecule has 1 aromatic carbocycles. The van der Waals surface area contributed by atoms with E-state index in [1.165, 1.54) is 13.2 Å². The second kappa shape index (κ2) is 5.76. The number of hydrogen-bond donors (Lipinski definition) is 1. The molecule has 0 amide bonds. The molecule has 3 aliphatic rings.